The number of rotatable bonds is 3. The van der Waals surface area contributed by atoms with Gasteiger partial charge in [-0.05, 0) is 28.1 Å². The molecule has 0 aliphatic heterocycles. The first-order valence-electron chi connectivity index (χ1n) is 4.85. The third kappa shape index (κ3) is 2.01. The number of para-hydroxylation sites is 1. The lowest BCUT2D eigenvalue weighted by Crippen LogP contribution is -2.28. The first-order valence-corrected chi connectivity index (χ1v) is 5.64. The predicted octanol–water partition coefficient (Wildman–Crippen LogP) is 2.81. The zero-order chi connectivity index (χ0) is 13.3. The summed E-state index contributed by atoms with van der Waals surface area (Å²) in [7, 11) is 0. The van der Waals surface area contributed by atoms with E-state index in [0.29, 0.717) is 5.69 Å². The van der Waals surface area contributed by atoms with Crippen LogP contribution in [0.4, 0.5) is 8.78 Å². The molecule has 0 amide bonds. The van der Waals surface area contributed by atoms with E-state index in [1.165, 1.54) is 0 Å². The number of hydrogen-bond donors (Lipinski definition) is 1. The van der Waals surface area contributed by atoms with E-state index < -0.39 is 17.6 Å². The van der Waals surface area contributed by atoms with Gasteiger partial charge in [-0.3, -0.25) is 0 Å². The van der Waals surface area contributed by atoms with Gasteiger partial charge >= 0.3 is 11.9 Å². The normalized spacial score (nSPS) is 11.5. The number of aliphatic carboxylic acids is 1. The van der Waals surface area contributed by atoms with Crippen LogP contribution in [0.15, 0.2) is 41.0 Å². The minimum absolute atomic E-state index is 0.0567. The maximum Gasteiger partial charge on any atom is 0.385 e. The lowest BCUT2D eigenvalue weighted by molar-refractivity contribution is -0.167. The summed E-state index contributed by atoms with van der Waals surface area (Å²) in [6.07, 6.45) is 1.14. The van der Waals surface area contributed by atoms with Crippen LogP contribution in [0.25, 0.3) is 5.69 Å². The van der Waals surface area contributed by atoms with Gasteiger partial charge in [-0.15, -0.1) is 0 Å². The van der Waals surface area contributed by atoms with Gasteiger partial charge in [-0.25, -0.2) is 9.48 Å². The molecular formula is C11H7BrF2N2O2. The van der Waals surface area contributed by atoms with Crippen molar-refractivity contribution < 1.29 is 18.7 Å². The summed E-state index contributed by atoms with van der Waals surface area (Å²) >= 11 is 2.89. The van der Waals surface area contributed by atoms with Crippen molar-refractivity contribution in [2.75, 3.05) is 0 Å². The largest absolute Gasteiger partial charge is 0.476 e. The SMILES string of the molecule is O=C(O)C(F)(F)c1c(Br)cnn1-c1ccccc1. The number of halogens is 3. The minimum Gasteiger partial charge on any atom is -0.476 e. The molecule has 0 saturated heterocycles. The van der Waals surface area contributed by atoms with Crippen molar-refractivity contribution >= 4 is 21.9 Å². The molecule has 1 aromatic carbocycles. The van der Waals surface area contributed by atoms with E-state index >= 15 is 0 Å². The monoisotopic (exact) mass is 316 g/mol. The van der Waals surface area contributed by atoms with Gasteiger partial charge in [0.1, 0.15) is 5.69 Å². The van der Waals surface area contributed by atoms with E-state index in [0.717, 1.165) is 10.9 Å². The Hall–Kier alpha value is -1.76. The second kappa shape index (κ2) is 4.49. The molecule has 7 heteroatoms. The molecule has 18 heavy (non-hydrogen) atoms. The number of carbonyl (C=O) groups is 1. The van der Waals surface area contributed by atoms with Crippen molar-refractivity contribution in [2.24, 2.45) is 0 Å². The van der Waals surface area contributed by atoms with Gasteiger partial charge in [-0.2, -0.15) is 13.9 Å². The number of hydrogen-bond acceptors (Lipinski definition) is 2. The molecule has 0 aliphatic carbocycles. The Morgan fingerprint density at radius 1 is 1.33 bits per heavy atom. The first kappa shape index (κ1) is 12.7. The van der Waals surface area contributed by atoms with Crippen LogP contribution >= 0.6 is 15.9 Å². The minimum atomic E-state index is -4.02. The van der Waals surface area contributed by atoms with Gasteiger partial charge in [0, 0.05) is 0 Å². The first-order chi connectivity index (χ1) is 8.44. The van der Waals surface area contributed by atoms with Gasteiger partial charge in [0.2, 0.25) is 0 Å². The molecule has 0 spiro atoms. The van der Waals surface area contributed by atoms with Gasteiger partial charge < -0.3 is 5.11 Å². The van der Waals surface area contributed by atoms with Crippen molar-refractivity contribution in [2.45, 2.75) is 5.92 Å². The molecule has 0 aliphatic rings. The summed E-state index contributed by atoms with van der Waals surface area (Å²) < 4.78 is 28.1. The quantitative estimate of drug-likeness (QED) is 0.947. The van der Waals surface area contributed by atoms with Crippen molar-refractivity contribution in [3.8, 4) is 5.69 Å². The molecule has 0 saturated carbocycles. The van der Waals surface area contributed by atoms with Gasteiger partial charge in [0.05, 0.1) is 16.4 Å². The topological polar surface area (TPSA) is 55.1 Å². The fraction of sp³-hybridized carbons (Fsp3) is 0.0909. The molecule has 0 bridgehead atoms. The summed E-state index contributed by atoms with van der Waals surface area (Å²) in [4.78, 5) is 10.6. The second-order valence-corrected chi connectivity index (χ2v) is 4.32. The van der Waals surface area contributed by atoms with E-state index in [1.807, 2.05) is 0 Å². The highest BCUT2D eigenvalue weighted by Gasteiger charge is 2.46. The van der Waals surface area contributed by atoms with Crippen molar-refractivity contribution in [1.29, 1.82) is 0 Å². The predicted molar refractivity (Wildman–Crippen MR) is 62.8 cm³/mol. The van der Waals surface area contributed by atoms with Crippen LogP contribution in [-0.2, 0) is 10.7 Å². The summed E-state index contributed by atoms with van der Waals surface area (Å²) in [5.41, 5.74) is -0.347. The molecule has 1 heterocycles. The summed E-state index contributed by atoms with van der Waals surface area (Å²) in [5.74, 6) is -6.24. The van der Waals surface area contributed by atoms with Gasteiger partial charge in [-0.1, -0.05) is 18.2 Å². The highest BCUT2D eigenvalue weighted by molar-refractivity contribution is 9.10. The number of alkyl halides is 2. The van der Waals surface area contributed by atoms with Crippen LogP contribution < -0.4 is 0 Å². The van der Waals surface area contributed by atoms with E-state index in [9.17, 15) is 13.6 Å². The molecule has 4 nitrogen and oxygen atoms in total. The highest BCUT2D eigenvalue weighted by Crippen LogP contribution is 2.35. The molecule has 94 valence electrons. The van der Waals surface area contributed by atoms with Crippen molar-refractivity contribution in [3.63, 3.8) is 0 Å². The highest BCUT2D eigenvalue weighted by atomic mass is 79.9. The maximum atomic E-state index is 13.6. The maximum absolute atomic E-state index is 13.6. The third-order valence-electron chi connectivity index (χ3n) is 2.29. The van der Waals surface area contributed by atoms with Crippen LogP contribution in [0.5, 0.6) is 0 Å². The van der Waals surface area contributed by atoms with Crippen molar-refractivity contribution in [3.05, 3.63) is 46.7 Å². The molecule has 2 rings (SSSR count). The zero-order valence-electron chi connectivity index (χ0n) is 8.85. The average Bonchev–Trinajstić information content (AvgIpc) is 2.72. The van der Waals surface area contributed by atoms with Crippen LogP contribution in [0, 0.1) is 0 Å². The van der Waals surface area contributed by atoms with E-state index in [1.54, 1.807) is 30.3 Å². The molecule has 0 fully saturated rings. The molecule has 0 atom stereocenters. The third-order valence-corrected chi connectivity index (χ3v) is 2.87. The summed E-state index contributed by atoms with van der Waals surface area (Å²) in [6.45, 7) is 0. The summed E-state index contributed by atoms with van der Waals surface area (Å²) in [5, 5.41) is 12.4. The Balaban J connectivity index is 2.63. The van der Waals surface area contributed by atoms with Crippen LogP contribution in [0.3, 0.4) is 0 Å². The molecule has 1 aromatic heterocycles. The fourth-order valence-corrected chi connectivity index (χ4v) is 1.99. The van der Waals surface area contributed by atoms with E-state index in [4.69, 9.17) is 5.11 Å². The Morgan fingerprint density at radius 3 is 2.50 bits per heavy atom. The number of carboxylic acids is 1. The average molecular weight is 317 g/mol. The van der Waals surface area contributed by atoms with E-state index in [2.05, 4.69) is 21.0 Å². The molecule has 2 aromatic rings. The number of aromatic nitrogens is 2. The lowest BCUT2D eigenvalue weighted by atomic mass is 10.2. The lowest BCUT2D eigenvalue weighted by Gasteiger charge is -2.14. The Labute approximate surface area is 109 Å². The van der Waals surface area contributed by atoms with Crippen LogP contribution in [0.1, 0.15) is 5.69 Å². The van der Waals surface area contributed by atoms with Gasteiger partial charge in [0.25, 0.3) is 0 Å². The van der Waals surface area contributed by atoms with Crippen LogP contribution in [0.2, 0.25) is 0 Å². The fourth-order valence-electron chi connectivity index (χ4n) is 1.48. The molecule has 0 radical (unpaired) electrons. The second-order valence-electron chi connectivity index (χ2n) is 3.47. The van der Waals surface area contributed by atoms with Crippen LogP contribution in [-0.4, -0.2) is 20.9 Å². The van der Waals surface area contributed by atoms with E-state index in [-0.39, 0.29) is 4.47 Å². The molecule has 0 unspecified atom stereocenters. The van der Waals surface area contributed by atoms with Crippen molar-refractivity contribution in [1.82, 2.24) is 9.78 Å². The number of nitrogens with zero attached hydrogens (tertiary/aromatic N) is 2. The Bertz CT molecular complexity index is 584. The molecule has 1 N–H and O–H groups in total. The Kier molecular flexibility index (Phi) is 3.16. The van der Waals surface area contributed by atoms with Gasteiger partial charge in [0.15, 0.2) is 0 Å². The zero-order valence-corrected chi connectivity index (χ0v) is 10.4. The number of benzene rings is 1. The summed E-state index contributed by atoms with van der Waals surface area (Å²) in [6, 6.07) is 8.13. The number of carboxylic acid groups (broad SMARTS) is 1. The smallest absolute Gasteiger partial charge is 0.385 e. The standard InChI is InChI=1S/C11H7BrF2N2O2/c12-8-6-15-16(7-4-2-1-3-5-7)9(8)11(13,14)10(17)18/h1-6H,(H,17,18). The molecular weight excluding hydrogens is 310 g/mol. The Morgan fingerprint density at radius 2 is 1.94 bits per heavy atom.